The predicted molar refractivity (Wildman–Crippen MR) is 109 cm³/mol. The first-order valence-electron chi connectivity index (χ1n) is 10.9. The van der Waals surface area contributed by atoms with Gasteiger partial charge in [-0.05, 0) is 48.9 Å². The lowest BCUT2D eigenvalue weighted by Crippen LogP contribution is -2.41. The van der Waals surface area contributed by atoms with E-state index in [1.54, 1.807) is 6.07 Å². The van der Waals surface area contributed by atoms with Crippen LogP contribution in [-0.4, -0.2) is 49.3 Å². The highest BCUT2D eigenvalue weighted by Gasteiger charge is 2.42. The first-order valence-corrected chi connectivity index (χ1v) is 10.9. The van der Waals surface area contributed by atoms with Crippen LogP contribution in [0.5, 0.6) is 0 Å². The average Bonchev–Trinajstić information content (AvgIpc) is 3.28. The number of hydrogen-bond donors (Lipinski definition) is 2. The topological polar surface area (TPSA) is 97.0 Å². The first-order chi connectivity index (χ1) is 14.5. The van der Waals surface area contributed by atoms with Gasteiger partial charge in [0.1, 0.15) is 6.10 Å². The van der Waals surface area contributed by atoms with Crippen LogP contribution in [0.2, 0.25) is 0 Å². The predicted octanol–water partition coefficient (Wildman–Crippen LogP) is 1.65. The second-order valence-electron chi connectivity index (χ2n) is 8.66. The van der Waals surface area contributed by atoms with Gasteiger partial charge in [0, 0.05) is 31.6 Å². The van der Waals surface area contributed by atoms with E-state index in [2.05, 4.69) is 10.6 Å². The van der Waals surface area contributed by atoms with Crippen LogP contribution in [0.25, 0.3) is 0 Å². The number of amides is 3. The van der Waals surface area contributed by atoms with E-state index >= 15 is 0 Å². The molecule has 1 aromatic rings. The molecule has 1 saturated carbocycles. The molecule has 3 amide bonds. The molecule has 1 spiro atoms. The standard InChI is InChI=1S/C22H27N3O5/c26-18-11-15-10-16(9-14-5-4-8-25(18)19(14)15)24-21(28)20(27)23-12-17-13-29-22(30-17)6-2-1-3-7-22/h9-10,17H,1-8,11-13H2,(H,23,27)(H,24,28)/t17-/m0/s1. The van der Waals surface area contributed by atoms with Crippen molar-refractivity contribution in [2.75, 3.05) is 29.9 Å². The highest BCUT2D eigenvalue weighted by atomic mass is 16.7. The van der Waals surface area contributed by atoms with Gasteiger partial charge in [0.2, 0.25) is 5.91 Å². The van der Waals surface area contributed by atoms with Crippen molar-refractivity contribution in [3.05, 3.63) is 23.3 Å². The van der Waals surface area contributed by atoms with E-state index in [1.807, 2.05) is 11.0 Å². The minimum atomic E-state index is -0.717. The molecule has 3 heterocycles. The van der Waals surface area contributed by atoms with Crippen molar-refractivity contribution in [1.29, 1.82) is 0 Å². The molecule has 0 unspecified atom stereocenters. The molecule has 160 valence electrons. The van der Waals surface area contributed by atoms with E-state index < -0.39 is 17.6 Å². The van der Waals surface area contributed by atoms with E-state index in [-0.39, 0.29) is 18.6 Å². The average molecular weight is 413 g/mol. The SMILES string of the molecule is O=C(NC[C@H]1COC2(CCCCC2)O1)C(=O)Nc1cc2c3c(c1)CC(=O)N3CCC2. The Morgan fingerprint density at radius 2 is 1.90 bits per heavy atom. The third-order valence-electron chi connectivity index (χ3n) is 6.49. The zero-order chi connectivity index (χ0) is 20.7. The Balaban J connectivity index is 1.17. The fourth-order valence-corrected chi connectivity index (χ4v) is 5.10. The minimum Gasteiger partial charge on any atom is -0.347 e. The molecule has 0 bridgehead atoms. The van der Waals surface area contributed by atoms with Crippen molar-refractivity contribution < 1.29 is 23.9 Å². The van der Waals surface area contributed by atoms with Crippen LogP contribution >= 0.6 is 0 Å². The maximum atomic E-state index is 12.4. The van der Waals surface area contributed by atoms with Gasteiger partial charge in [0.15, 0.2) is 5.79 Å². The van der Waals surface area contributed by atoms with Crippen molar-refractivity contribution in [2.45, 2.75) is 63.3 Å². The fourth-order valence-electron chi connectivity index (χ4n) is 5.10. The summed E-state index contributed by atoms with van der Waals surface area (Å²) in [5, 5.41) is 5.33. The summed E-state index contributed by atoms with van der Waals surface area (Å²) in [5.41, 5.74) is 3.52. The minimum absolute atomic E-state index is 0.0988. The van der Waals surface area contributed by atoms with Crippen molar-refractivity contribution in [2.24, 2.45) is 0 Å². The third kappa shape index (κ3) is 3.58. The molecule has 8 heteroatoms. The van der Waals surface area contributed by atoms with Crippen molar-refractivity contribution in [3.8, 4) is 0 Å². The number of carbonyl (C=O) groups excluding carboxylic acids is 3. The number of hydrogen-bond acceptors (Lipinski definition) is 5. The monoisotopic (exact) mass is 413 g/mol. The van der Waals surface area contributed by atoms with Crippen LogP contribution in [0.1, 0.15) is 49.7 Å². The van der Waals surface area contributed by atoms with Gasteiger partial charge in [-0.3, -0.25) is 14.4 Å². The molecule has 0 radical (unpaired) electrons. The highest BCUT2D eigenvalue weighted by molar-refractivity contribution is 6.39. The van der Waals surface area contributed by atoms with Gasteiger partial charge >= 0.3 is 11.8 Å². The molecule has 30 heavy (non-hydrogen) atoms. The number of aryl methyl sites for hydroxylation is 1. The summed E-state index contributed by atoms with van der Waals surface area (Å²) in [6, 6.07) is 3.67. The summed E-state index contributed by atoms with van der Waals surface area (Å²) in [5.74, 6) is -1.81. The normalized spacial score (nSPS) is 24.1. The van der Waals surface area contributed by atoms with Crippen LogP contribution < -0.4 is 15.5 Å². The molecule has 1 atom stereocenters. The Hall–Kier alpha value is -2.45. The van der Waals surface area contributed by atoms with E-state index in [0.717, 1.165) is 61.9 Å². The van der Waals surface area contributed by atoms with E-state index in [4.69, 9.17) is 9.47 Å². The zero-order valence-electron chi connectivity index (χ0n) is 17.0. The molecule has 1 aliphatic carbocycles. The summed E-state index contributed by atoms with van der Waals surface area (Å²) in [6.45, 7) is 1.43. The van der Waals surface area contributed by atoms with Gasteiger partial charge < -0.3 is 25.0 Å². The van der Waals surface area contributed by atoms with Gasteiger partial charge in [0.05, 0.1) is 18.7 Å². The molecule has 0 aromatic heterocycles. The highest BCUT2D eigenvalue weighted by Crippen LogP contribution is 2.39. The van der Waals surface area contributed by atoms with Gasteiger partial charge in [0.25, 0.3) is 0 Å². The summed E-state index contributed by atoms with van der Waals surface area (Å²) < 4.78 is 11.9. The third-order valence-corrected chi connectivity index (χ3v) is 6.49. The largest absolute Gasteiger partial charge is 0.347 e. The molecule has 5 rings (SSSR count). The van der Waals surface area contributed by atoms with Crippen LogP contribution in [0.15, 0.2) is 12.1 Å². The van der Waals surface area contributed by atoms with Crippen molar-refractivity contribution in [3.63, 3.8) is 0 Å². The Morgan fingerprint density at radius 1 is 1.10 bits per heavy atom. The maximum Gasteiger partial charge on any atom is 0.313 e. The van der Waals surface area contributed by atoms with Crippen LogP contribution in [0.4, 0.5) is 11.4 Å². The van der Waals surface area contributed by atoms with Gasteiger partial charge in [-0.2, -0.15) is 0 Å². The Kier molecular flexibility index (Phi) is 4.99. The van der Waals surface area contributed by atoms with Gasteiger partial charge in [-0.1, -0.05) is 6.42 Å². The molecular weight excluding hydrogens is 386 g/mol. The van der Waals surface area contributed by atoms with Crippen LogP contribution in [0, 0.1) is 0 Å². The van der Waals surface area contributed by atoms with Gasteiger partial charge in [-0.25, -0.2) is 0 Å². The van der Waals surface area contributed by atoms with E-state index in [9.17, 15) is 14.4 Å². The Bertz CT molecular complexity index is 893. The number of rotatable bonds is 3. The molecular formula is C22H27N3O5. The lowest BCUT2D eigenvalue weighted by molar-refractivity contribution is -0.186. The van der Waals surface area contributed by atoms with Gasteiger partial charge in [-0.15, -0.1) is 0 Å². The molecule has 2 N–H and O–H groups in total. The molecule has 8 nitrogen and oxygen atoms in total. The van der Waals surface area contributed by atoms with Crippen LogP contribution in [0.3, 0.4) is 0 Å². The lowest BCUT2D eigenvalue weighted by atomic mass is 9.94. The number of anilines is 2. The van der Waals surface area contributed by atoms with E-state index in [1.165, 1.54) is 6.42 Å². The van der Waals surface area contributed by atoms with E-state index in [0.29, 0.717) is 18.7 Å². The molecule has 1 aromatic carbocycles. The summed E-state index contributed by atoms with van der Waals surface area (Å²) in [6.07, 6.45) is 7.04. The smallest absolute Gasteiger partial charge is 0.313 e. The summed E-state index contributed by atoms with van der Waals surface area (Å²) >= 11 is 0. The number of ether oxygens (including phenoxy) is 2. The Labute approximate surface area is 175 Å². The lowest BCUT2D eigenvalue weighted by Gasteiger charge is -2.31. The molecule has 1 saturated heterocycles. The summed E-state index contributed by atoms with van der Waals surface area (Å²) in [7, 11) is 0. The van der Waals surface area contributed by atoms with Crippen molar-refractivity contribution >= 4 is 29.1 Å². The molecule has 4 aliphatic rings. The number of nitrogens with one attached hydrogen (secondary N) is 2. The number of carbonyl (C=O) groups is 3. The first kappa shape index (κ1) is 19.5. The maximum absolute atomic E-state index is 12.4. The number of benzene rings is 1. The van der Waals surface area contributed by atoms with Crippen molar-refractivity contribution in [1.82, 2.24) is 5.32 Å². The molecule has 3 aliphatic heterocycles. The zero-order valence-corrected chi connectivity index (χ0v) is 17.0. The second kappa shape index (κ2) is 7.67. The summed E-state index contributed by atoms with van der Waals surface area (Å²) in [4.78, 5) is 38.7. The second-order valence-corrected chi connectivity index (χ2v) is 8.66. The number of nitrogens with zero attached hydrogens (tertiary/aromatic N) is 1. The molecule has 2 fully saturated rings. The Morgan fingerprint density at radius 3 is 2.73 bits per heavy atom. The fraction of sp³-hybridized carbons (Fsp3) is 0.591. The van der Waals surface area contributed by atoms with Crippen LogP contribution in [-0.2, 0) is 36.7 Å². The quantitative estimate of drug-likeness (QED) is 0.735.